The number of carboxylic acid groups (broad SMARTS) is 1. The van der Waals surface area contributed by atoms with E-state index in [1.54, 1.807) is 6.92 Å². The van der Waals surface area contributed by atoms with Crippen molar-refractivity contribution >= 4 is 27.6 Å². The van der Waals surface area contributed by atoms with Crippen LogP contribution < -0.4 is 4.72 Å². The zero-order valence-corrected chi connectivity index (χ0v) is 12.6. The highest BCUT2D eigenvalue weighted by atomic mass is 35.5. The third-order valence-corrected chi connectivity index (χ3v) is 4.80. The summed E-state index contributed by atoms with van der Waals surface area (Å²) in [6.07, 6.45) is 0.230. The Labute approximate surface area is 121 Å². The molecule has 112 valence electrons. The van der Waals surface area contributed by atoms with Gasteiger partial charge < -0.3 is 5.11 Å². The van der Waals surface area contributed by atoms with Gasteiger partial charge >= 0.3 is 5.97 Å². The Hall–Kier alpha value is -1.18. The van der Waals surface area contributed by atoms with Gasteiger partial charge in [-0.1, -0.05) is 18.5 Å². The number of carboxylic acids is 1. The van der Waals surface area contributed by atoms with E-state index in [1.165, 1.54) is 13.0 Å². The van der Waals surface area contributed by atoms with E-state index in [2.05, 4.69) is 4.72 Å². The summed E-state index contributed by atoms with van der Waals surface area (Å²) in [6.45, 7) is 2.71. The number of halogens is 2. The number of hydrogen-bond donors (Lipinski definition) is 2. The lowest BCUT2D eigenvalue weighted by atomic mass is 9.88. The number of sulfonamides is 1. The SMILES string of the molecule is CCC(C)(CNS(=O)(=O)c1ccc(Cl)cc1F)C(=O)O. The number of nitrogens with one attached hydrogen (secondary N) is 1. The molecule has 0 aliphatic carbocycles. The average molecular weight is 324 g/mol. The van der Waals surface area contributed by atoms with Crippen LogP contribution in [0.3, 0.4) is 0 Å². The first-order valence-corrected chi connectivity index (χ1v) is 7.66. The van der Waals surface area contributed by atoms with Crippen LogP contribution in [-0.2, 0) is 14.8 Å². The summed E-state index contributed by atoms with van der Waals surface area (Å²) >= 11 is 5.55. The van der Waals surface area contributed by atoms with Gasteiger partial charge in [0.2, 0.25) is 10.0 Å². The second kappa shape index (κ2) is 6.07. The Morgan fingerprint density at radius 3 is 2.55 bits per heavy atom. The molecule has 8 heteroatoms. The van der Waals surface area contributed by atoms with Crippen molar-refractivity contribution in [2.75, 3.05) is 6.54 Å². The van der Waals surface area contributed by atoms with Gasteiger partial charge in [-0.25, -0.2) is 17.5 Å². The van der Waals surface area contributed by atoms with Crippen molar-refractivity contribution in [2.24, 2.45) is 5.41 Å². The number of rotatable bonds is 6. The van der Waals surface area contributed by atoms with Crippen molar-refractivity contribution in [1.82, 2.24) is 4.72 Å². The van der Waals surface area contributed by atoms with Crippen molar-refractivity contribution < 1.29 is 22.7 Å². The topological polar surface area (TPSA) is 83.5 Å². The normalized spacial score (nSPS) is 14.8. The molecule has 0 spiro atoms. The highest BCUT2D eigenvalue weighted by Gasteiger charge is 2.33. The average Bonchev–Trinajstić information content (AvgIpc) is 2.35. The van der Waals surface area contributed by atoms with Gasteiger partial charge in [-0.3, -0.25) is 4.79 Å². The van der Waals surface area contributed by atoms with E-state index in [9.17, 15) is 17.6 Å². The highest BCUT2D eigenvalue weighted by molar-refractivity contribution is 7.89. The van der Waals surface area contributed by atoms with Crippen LogP contribution in [0.25, 0.3) is 0 Å². The summed E-state index contributed by atoms with van der Waals surface area (Å²) in [7, 11) is -4.13. The fourth-order valence-electron chi connectivity index (χ4n) is 1.38. The van der Waals surface area contributed by atoms with Crippen molar-refractivity contribution in [1.29, 1.82) is 0 Å². The maximum atomic E-state index is 13.6. The molecule has 1 unspecified atom stereocenters. The van der Waals surface area contributed by atoms with E-state index in [0.29, 0.717) is 0 Å². The number of benzene rings is 1. The predicted octanol–water partition coefficient (Wildman–Crippen LogP) is 2.26. The predicted molar refractivity (Wildman–Crippen MR) is 72.6 cm³/mol. The smallest absolute Gasteiger partial charge is 0.310 e. The molecule has 0 aromatic heterocycles. The van der Waals surface area contributed by atoms with Gasteiger partial charge in [-0.15, -0.1) is 0 Å². The van der Waals surface area contributed by atoms with Gasteiger partial charge in [-0.2, -0.15) is 0 Å². The number of carbonyl (C=O) groups is 1. The largest absolute Gasteiger partial charge is 0.481 e. The maximum absolute atomic E-state index is 13.6. The van der Waals surface area contributed by atoms with E-state index >= 15 is 0 Å². The molecular weight excluding hydrogens is 309 g/mol. The summed E-state index contributed by atoms with van der Waals surface area (Å²) in [5, 5.41) is 9.14. The molecule has 0 heterocycles. The molecule has 0 saturated carbocycles. The number of aliphatic carboxylic acids is 1. The van der Waals surface area contributed by atoms with E-state index in [4.69, 9.17) is 16.7 Å². The molecule has 2 N–H and O–H groups in total. The van der Waals surface area contributed by atoms with Crippen LogP contribution in [0.4, 0.5) is 4.39 Å². The zero-order chi connectivity index (χ0) is 15.6. The molecule has 0 amide bonds. The Morgan fingerprint density at radius 2 is 2.10 bits per heavy atom. The molecule has 0 aliphatic rings. The van der Waals surface area contributed by atoms with Crippen molar-refractivity contribution in [3.05, 3.63) is 29.0 Å². The lowest BCUT2D eigenvalue weighted by Gasteiger charge is -2.23. The zero-order valence-electron chi connectivity index (χ0n) is 11.0. The van der Waals surface area contributed by atoms with Crippen LogP contribution >= 0.6 is 11.6 Å². The third kappa shape index (κ3) is 3.68. The molecule has 1 atom stereocenters. The Balaban J connectivity index is 2.99. The quantitative estimate of drug-likeness (QED) is 0.841. The Kier molecular flexibility index (Phi) is 5.12. The summed E-state index contributed by atoms with van der Waals surface area (Å²) < 4.78 is 39.6. The van der Waals surface area contributed by atoms with Crippen LogP contribution in [-0.4, -0.2) is 26.0 Å². The van der Waals surface area contributed by atoms with E-state index in [-0.39, 0.29) is 18.0 Å². The number of hydrogen-bond acceptors (Lipinski definition) is 3. The fourth-order valence-corrected chi connectivity index (χ4v) is 2.76. The maximum Gasteiger partial charge on any atom is 0.310 e. The fraction of sp³-hybridized carbons (Fsp3) is 0.417. The van der Waals surface area contributed by atoms with Crippen molar-refractivity contribution in [2.45, 2.75) is 25.2 Å². The van der Waals surface area contributed by atoms with Crippen LogP contribution in [0, 0.1) is 11.2 Å². The molecule has 1 aromatic rings. The van der Waals surface area contributed by atoms with Crippen LogP contribution in [0.5, 0.6) is 0 Å². The molecular formula is C12H15ClFNO4S. The molecule has 0 bridgehead atoms. The molecule has 0 saturated heterocycles. The second-order valence-electron chi connectivity index (χ2n) is 4.62. The van der Waals surface area contributed by atoms with Crippen LogP contribution in [0.15, 0.2) is 23.1 Å². The van der Waals surface area contributed by atoms with Gasteiger partial charge in [0, 0.05) is 11.6 Å². The van der Waals surface area contributed by atoms with Crippen molar-refractivity contribution in [3.63, 3.8) is 0 Å². The van der Waals surface area contributed by atoms with Gasteiger partial charge in [0.1, 0.15) is 10.7 Å². The molecule has 20 heavy (non-hydrogen) atoms. The first-order valence-electron chi connectivity index (χ1n) is 5.80. The van der Waals surface area contributed by atoms with Crippen LogP contribution in [0.2, 0.25) is 5.02 Å². The summed E-state index contributed by atoms with van der Waals surface area (Å²) in [4.78, 5) is 10.5. The summed E-state index contributed by atoms with van der Waals surface area (Å²) in [6, 6.07) is 3.16. The lowest BCUT2D eigenvalue weighted by molar-refractivity contribution is -0.147. The van der Waals surface area contributed by atoms with Gasteiger partial charge in [0.05, 0.1) is 5.41 Å². The molecule has 1 aromatic carbocycles. The molecule has 0 fully saturated rings. The van der Waals surface area contributed by atoms with Gasteiger partial charge in [0.15, 0.2) is 0 Å². The molecule has 0 aliphatic heterocycles. The highest BCUT2D eigenvalue weighted by Crippen LogP contribution is 2.23. The first-order chi connectivity index (χ1) is 9.12. The van der Waals surface area contributed by atoms with Crippen molar-refractivity contribution in [3.8, 4) is 0 Å². The second-order valence-corrected chi connectivity index (χ2v) is 6.79. The van der Waals surface area contributed by atoms with Crippen LogP contribution in [0.1, 0.15) is 20.3 Å². The Bertz CT molecular complexity index is 620. The van der Waals surface area contributed by atoms with E-state index in [1.807, 2.05) is 0 Å². The summed E-state index contributed by atoms with van der Waals surface area (Å²) in [5.41, 5.74) is -1.25. The monoisotopic (exact) mass is 323 g/mol. The standard InChI is InChI=1S/C12H15ClFNO4S/c1-3-12(2,11(16)17)7-15-20(18,19)10-5-4-8(13)6-9(10)14/h4-6,15H,3,7H2,1-2H3,(H,16,17). The molecule has 0 radical (unpaired) electrons. The first kappa shape index (κ1) is 16.9. The minimum absolute atomic E-state index is 0.0744. The van der Waals surface area contributed by atoms with Gasteiger partial charge in [0.25, 0.3) is 0 Å². The minimum atomic E-state index is -4.13. The van der Waals surface area contributed by atoms with Gasteiger partial charge in [-0.05, 0) is 31.5 Å². The Morgan fingerprint density at radius 1 is 1.50 bits per heavy atom. The minimum Gasteiger partial charge on any atom is -0.481 e. The summed E-state index contributed by atoms with van der Waals surface area (Å²) in [5.74, 6) is -2.11. The van der Waals surface area contributed by atoms with E-state index < -0.39 is 32.1 Å². The lowest BCUT2D eigenvalue weighted by Crippen LogP contribution is -2.40. The van der Waals surface area contributed by atoms with E-state index in [0.717, 1.165) is 12.1 Å². The molecule has 1 rings (SSSR count). The molecule has 5 nitrogen and oxygen atoms in total. The third-order valence-electron chi connectivity index (χ3n) is 3.13.